The molecule has 0 aliphatic carbocycles. The average molecular weight is 321 g/mol. The van der Waals surface area contributed by atoms with Crippen molar-refractivity contribution in [1.29, 1.82) is 0 Å². The van der Waals surface area contributed by atoms with E-state index in [9.17, 15) is 22.4 Å². The molecule has 0 radical (unpaired) electrons. The number of alkyl halides is 4. The molecule has 8 heteroatoms. The summed E-state index contributed by atoms with van der Waals surface area (Å²) in [6.07, 6.45) is -9.04. The Morgan fingerprint density at radius 3 is 2.45 bits per heavy atom. The summed E-state index contributed by atoms with van der Waals surface area (Å²) < 4.78 is 58.7. The van der Waals surface area contributed by atoms with Gasteiger partial charge in [0.1, 0.15) is 12.4 Å². The van der Waals surface area contributed by atoms with Crippen molar-refractivity contribution < 1.29 is 31.8 Å². The number of ether oxygens (including phenoxy) is 2. The van der Waals surface area contributed by atoms with Crippen molar-refractivity contribution in [3.8, 4) is 5.75 Å². The van der Waals surface area contributed by atoms with Crippen molar-refractivity contribution in [1.82, 2.24) is 5.32 Å². The van der Waals surface area contributed by atoms with Gasteiger partial charge < -0.3 is 14.8 Å². The average Bonchev–Trinajstić information content (AvgIpc) is 2.42. The Kier molecular flexibility index (Phi) is 4.21. The third-order valence-electron chi connectivity index (χ3n) is 3.34. The summed E-state index contributed by atoms with van der Waals surface area (Å²) in [5.74, 6) is -0.384. The maximum Gasteiger partial charge on any atom is 0.461 e. The van der Waals surface area contributed by atoms with Crippen LogP contribution in [0.3, 0.4) is 0 Å². The Labute approximate surface area is 124 Å². The van der Waals surface area contributed by atoms with E-state index >= 15 is 0 Å². The van der Waals surface area contributed by atoms with E-state index in [2.05, 4.69) is 10.1 Å². The molecular weight excluding hydrogens is 306 g/mol. The second-order valence-corrected chi connectivity index (χ2v) is 5.68. The lowest BCUT2D eigenvalue weighted by Gasteiger charge is -2.38. The van der Waals surface area contributed by atoms with Gasteiger partial charge in [-0.2, -0.15) is 17.6 Å². The summed E-state index contributed by atoms with van der Waals surface area (Å²) in [5.41, 5.74) is 0.220. The van der Waals surface area contributed by atoms with E-state index in [1.54, 1.807) is 0 Å². The lowest BCUT2D eigenvalue weighted by atomic mass is 9.80. The fourth-order valence-corrected chi connectivity index (χ4v) is 2.15. The smallest absolute Gasteiger partial charge is 0.449 e. The molecule has 0 bridgehead atoms. The minimum absolute atomic E-state index is 0.200. The molecule has 1 atom stereocenters. The quantitative estimate of drug-likeness (QED) is 0.860. The Hall–Kier alpha value is -1.99. The van der Waals surface area contributed by atoms with Gasteiger partial charge in [0.05, 0.1) is 6.04 Å². The van der Waals surface area contributed by atoms with Crippen molar-refractivity contribution in [2.45, 2.75) is 32.4 Å². The third kappa shape index (κ3) is 3.42. The number of amides is 1. The second kappa shape index (κ2) is 5.66. The molecule has 0 aromatic heterocycles. The number of carbonyl (C=O) groups is 1. The predicted octanol–water partition coefficient (Wildman–Crippen LogP) is 3.73. The van der Waals surface area contributed by atoms with E-state index in [1.807, 2.05) is 13.8 Å². The van der Waals surface area contributed by atoms with Gasteiger partial charge in [0.15, 0.2) is 0 Å². The van der Waals surface area contributed by atoms with E-state index in [4.69, 9.17) is 4.74 Å². The standard InChI is InChI=1S/C14H15F4NO3/c1-13(2)7-21-12(20)19-10(13)8-3-5-9(6-4-8)22-14(17,18)11(15)16/h3-6,10-11H,7H2,1-2H3,(H,19,20)/t10-/m1/s1. The summed E-state index contributed by atoms with van der Waals surface area (Å²) in [5, 5.41) is 2.64. The van der Waals surface area contributed by atoms with Crippen molar-refractivity contribution in [3.63, 3.8) is 0 Å². The van der Waals surface area contributed by atoms with Crippen LogP contribution in [0.4, 0.5) is 22.4 Å². The fraction of sp³-hybridized carbons (Fsp3) is 0.500. The summed E-state index contributed by atoms with van der Waals surface area (Å²) >= 11 is 0. The number of hydrogen-bond donors (Lipinski definition) is 1. The van der Waals surface area contributed by atoms with Gasteiger partial charge in [-0.05, 0) is 17.7 Å². The molecule has 2 rings (SSSR count). The fourth-order valence-electron chi connectivity index (χ4n) is 2.15. The maximum atomic E-state index is 12.8. The molecule has 1 aromatic carbocycles. The Bertz CT molecular complexity index is 546. The largest absolute Gasteiger partial charge is 0.461 e. The van der Waals surface area contributed by atoms with Crippen LogP contribution in [-0.2, 0) is 4.74 Å². The zero-order valence-corrected chi connectivity index (χ0v) is 11.9. The molecule has 1 N–H and O–H groups in total. The number of halogens is 4. The molecule has 1 amide bonds. The van der Waals surface area contributed by atoms with Crippen molar-refractivity contribution in [2.24, 2.45) is 5.41 Å². The lowest BCUT2D eigenvalue weighted by molar-refractivity contribution is -0.253. The van der Waals surface area contributed by atoms with Crippen molar-refractivity contribution in [2.75, 3.05) is 6.61 Å². The molecule has 1 heterocycles. The van der Waals surface area contributed by atoms with Gasteiger partial charge in [0.25, 0.3) is 0 Å². The van der Waals surface area contributed by atoms with E-state index in [0.29, 0.717) is 5.56 Å². The van der Waals surface area contributed by atoms with E-state index < -0.39 is 30.1 Å². The highest BCUT2D eigenvalue weighted by atomic mass is 19.3. The van der Waals surface area contributed by atoms with Crippen LogP contribution in [0, 0.1) is 5.41 Å². The number of nitrogens with one attached hydrogen (secondary N) is 1. The van der Waals surface area contributed by atoms with Gasteiger partial charge in [-0.3, -0.25) is 0 Å². The van der Waals surface area contributed by atoms with Gasteiger partial charge in [-0.25, -0.2) is 4.79 Å². The lowest BCUT2D eigenvalue weighted by Crippen LogP contribution is -2.46. The first-order valence-corrected chi connectivity index (χ1v) is 6.50. The van der Waals surface area contributed by atoms with Crippen molar-refractivity contribution in [3.05, 3.63) is 29.8 Å². The summed E-state index contributed by atoms with van der Waals surface area (Å²) in [7, 11) is 0. The molecule has 1 aliphatic rings. The summed E-state index contributed by atoms with van der Waals surface area (Å²) in [6, 6.07) is 4.80. The number of rotatable bonds is 4. The van der Waals surface area contributed by atoms with E-state index in [0.717, 1.165) is 12.1 Å². The molecule has 0 spiro atoms. The molecule has 1 saturated heterocycles. The monoisotopic (exact) mass is 321 g/mol. The van der Waals surface area contributed by atoms with Crippen LogP contribution in [0.1, 0.15) is 25.5 Å². The van der Waals surface area contributed by atoms with Crippen LogP contribution < -0.4 is 10.1 Å². The number of alkyl carbamates (subject to hydrolysis) is 1. The molecule has 0 unspecified atom stereocenters. The normalized spacial score (nSPS) is 21.2. The van der Waals surface area contributed by atoms with Gasteiger partial charge in [-0.15, -0.1) is 0 Å². The summed E-state index contributed by atoms with van der Waals surface area (Å²) in [4.78, 5) is 11.3. The van der Waals surface area contributed by atoms with Crippen LogP contribution in [0.15, 0.2) is 24.3 Å². The van der Waals surface area contributed by atoms with E-state index in [-0.39, 0.29) is 12.4 Å². The minimum Gasteiger partial charge on any atom is -0.449 e. The van der Waals surface area contributed by atoms with Gasteiger partial charge >= 0.3 is 18.6 Å². The van der Waals surface area contributed by atoms with Gasteiger partial charge in [-0.1, -0.05) is 26.0 Å². The van der Waals surface area contributed by atoms with Crippen LogP contribution in [0.25, 0.3) is 0 Å². The highest BCUT2D eigenvalue weighted by Gasteiger charge is 2.44. The third-order valence-corrected chi connectivity index (χ3v) is 3.34. The molecule has 1 aliphatic heterocycles. The van der Waals surface area contributed by atoms with Crippen LogP contribution in [-0.4, -0.2) is 25.2 Å². The Morgan fingerprint density at radius 2 is 1.91 bits per heavy atom. The number of cyclic esters (lactones) is 1. The Balaban J connectivity index is 2.16. The van der Waals surface area contributed by atoms with Crippen LogP contribution in [0.2, 0.25) is 0 Å². The predicted molar refractivity (Wildman–Crippen MR) is 69.0 cm³/mol. The molecule has 22 heavy (non-hydrogen) atoms. The first-order chi connectivity index (χ1) is 10.1. The highest BCUT2D eigenvalue weighted by Crippen LogP contribution is 2.37. The topological polar surface area (TPSA) is 47.6 Å². The summed E-state index contributed by atoms with van der Waals surface area (Å²) in [6.45, 7) is 3.93. The van der Waals surface area contributed by atoms with Gasteiger partial charge in [0.2, 0.25) is 0 Å². The molecule has 122 valence electrons. The zero-order valence-electron chi connectivity index (χ0n) is 11.9. The maximum absolute atomic E-state index is 12.8. The zero-order chi connectivity index (χ0) is 16.5. The first-order valence-electron chi connectivity index (χ1n) is 6.50. The number of hydrogen-bond acceptors (Lipinski definition) is 3. The van der Waals surface area contributed by atoms with E-state index in [1.165, 1.54) is 12.1 Å². The number of benzene rings is 1. The minimum atomic E-state index is -4.55. The Morgan fingerprint density at radius 1 is 1.32 bits per heavy atom. The molecule has 0 saturated carbocycles. The van der Waals surface area contributed by atoms with Crippen LogP contribution in [0.5, 0.6) is 5.75 Å². The number of carbonyl (C=O) groups excluding carboxylic acids is 1. The molecular formula is C14H15F4NO3. The van der Waals surface area contributed by atoms with Crippen molar-refractivity contribution >= 4 is 6.09 Å². The SMILES string of the molecule is CC1(C)COC(=O)N[C@@H]1c1ccc(OC(F)(F)C(F)F)cc1. The molecule has 1 fully saturated rings. The molecule has 1 aromatic rings. The molecule has 4 nitrogen and oxygen atoms in total. The first kappa shape index (κ1) is 16.4. The van der Waals surface area contributed by atoms with Crippen LogP contribution >= 0.6 is 0 Å². The highest BCUT2D eigenvalue weighted by molar-refractivity contribution is 5.69. The second-order valence-electron chi connectivity index (χ2n) is 5.68. The van der Waals surface area contributed by atoms with Gasteiger partial charge in [0, 0.05) is 5.41 Å².